The van der Waals surface area contributed by atoms with Crippen molar-refractivity contribution in [2.75, 3.05) is 11.9 Å². The molecule has 0 fully saturated rings. The average molecular weight is 405 g/mol. The molecule has 2 aromatic carbocycles. The van der Waals surface area contributed by atoms with Gasteiger partial charge in [-0.15, -0.1) is 0 Å². The van der Waals surface area contributed by atoms with Gasteiger partial charge >= 0.3 is 6.03 Å². The number of hydrazone groups is 1. The maximum absolute atomic E-state index is 12.0. The van der Waals surface area contributed by atoms with Gasteiger partial charge in [0.1, 0.15) is 5.75 Å². The van der Waals surface area contributed by atoms with E-state index < -0.39 is 6.03 Å². The van der Waals surface area contributed by atoms with Gasteiger partial charge in [-0.2, -0.15) is 5.10 Å². The summed E-state index contributed by atoms with van der Waals surface area (Å²) in [7, 11) is 0. The summed E-state index contributed by atoms with van der Waals surface area (Å²) in [5.41, 5.74) is 9.43. The summed E-state index contributed by atoms with van der Waals surface area (Å²) < 4.78 is 6.34. The third-order valence-electron chi connectivity index (χ3n) is 3.04. The van der Waals surface area contributed by atoms with Crippen LogP contribution in [0.3, 0.4) is 0 Å². The number of urea groups is 1. The molecule has 0 unspecified atom stereocenters. The maximum Gasteiger partial charge on any atom is 0.332 e. The summed E-state index contributed by atoms with van der Waals surface area (Å²) in [6.45, 7) is 1.80. The molecule has 4 N–H and O–H groups in total. The van der Waals surface area contributed by atoms with Gasteiger partial charge in [0, 0.05) is 15.7 Å². The minimum Gasteiger partial charge on any atom is -0.483 e. The van der Waals surface area contributed by atoms with Crippen molar-refractivity contribution >= 4 is 39.8 Å². The van der Waals surface area contributed by atoms with E-state index in [2.05, 4.69) is 31.8 Å². The van der Waals surface area contributed by atoms with Gasteiger partial charge in [-0.05, 0) is 37.3 Å². The van der Waals surface area contributed by atoms with Crippen LogP contribution in [0.5, 0.6) is 5.75 Å². The Labute approximate surface area is 153 Å². The Morgan fingerprint density at radius 1 is 1.24 bits per heavy atom. The number of aryl methyl sites for hydroxylation is 1. The zero-order valence-electron chi connectivity index (χ0n) is 13.5. The first-order valence-electron chi connectivity index (χ1n) is 7.31. The van der Waals surface area contributed by atoms with E-state index in [0.717, 1.165) is 10.0 Å². The second-order valence-corrected chi connectivity index (χ2v) is 6.03. The molecule has 0 bridgehead atoms. The molecule has 0 aliphatic rings. The lowest BCUT2D eigenvalue weighted by Gasteiger charge is -2.10. The molecule has 0 radical (unpaired) electrons. The number of hydrogen-bond donors (Lipinski definition) is 3. The van der Waals surface area contributed by atoms with Gasteiger partial charge < -0.3 is 15.8 Å². The molecule has 25 heavy (non-hydrogen) atoms. The van der Waals surface area contributed by atoms with Gasteiger partial charge in [0.05, 0.1) is 6.21 Å². The summed E-state index contributed by atoms with van der Waals surface area (Å²) in [4.78, 5) is 22.7. The standard InChI is InChI=1S/C17H17BrN4O3/c1-11-2-5-14(6-3-11)21-16(23)10-25-15-7-4-13(18)8-12(15)9-20-22-17(19)24/h2-9H,10H2,1H3,(H,21,23)(H3,19,22,24). The number of amides is 3. The van der Waals surface area contributed by atoms with Crippen LogP contribution in [-0.4, -0.2) is 24.8 Å². The van der Waals surface area contributed by atoms with Crippen LogP contribution in [-0.2, 0) is 4.79 Å². The van der Waals surface area contributed by atoms with Gasteiger partial charge in [-0.3, -0.25) is 4.79 Å². The summed E-state index contributed by atoms with van der Waals surface area (Å²) in [6.07, 6.45) is 1.38. The highest BCUT2D eigenvalue weighted by molar-refractivity contribution is 9.10. The Hall–Kier alpha value is -2.87. The molecular formula is C17H17BrN4O3. The van der Waals surface area contributed by atoms with Gasteiger partial charge in [0.2, 0.25) is 0 Å². The number of nitrogens with zero attached hydrogens (tertiary/aromatic N) is 1. The van der Waals surface area contributed by atoms with Crippen molar-refractivity contribution in [2.24, 2.45) is 10.8 Å². The topological polar surface area (TPSA) is 106 Å². The number of anilines is 1. The van der Waals surface area contributed by atoms with Crippen molar-refractivity contribution in [3.8, 4) is 5.75 Å². The molecule has 0 heterocycles. The predicted molar refractivity (Wildman–Crippen MR) is 99.8 cm³/mol. The van der Waals surface area contributed by atoms with Gasteiger partial charge in [0.15, 0.2) is 6.61 Å². The molecule has 2 aromatic rings. The molecule has 7 nitrogen and oxygen atoms in total. The number of hydrogen-bond acceptors (Lipinski definition) is 4. The van der Waals surface area contributed by atoms with Crippen molar-refractivity contribution in [2.45, 2.75) is 6.92 Å². The molecule has 0 aliphatic heterocycles. The van der Waals surface area contributed by atoms with Crippen molar-refractivity contribution in [1.82, 2.24) is 5.43 Å². The number of nitrogens with one attached hydrogen (secondary N) is 2. The van der Waals surface area contributed by atoms with Crippen LogP contribution in [0.25, 0.3) is 0 Å². The fourth-order valence-corrected chi connectivity index (χ4v) is 2.27. The highest BCUT2D eigenvalue weighted by Gasteiger charge is 2.07. The van der Waals surface area contributed by atoms with Crippen LogP contribution in [0.4, 0.5) is 10.5 Å². The van der Waals surface area contributed by atoms with Crippen molar-refractivity contribution in [1.29, 1.82) is 0 Å². The van der Waals surface area contributed by atoms with E-state index in [4.69, 9.17) is 10.5 Å². The van der Waals surface area contributed by atoms with Crippen molar-refractivity contribution in [3.63, 3.8) is 0 Å². The Morgan fingerprint density at radius 2 is 1.96 bits per heavy atom. The first kappa shape index (κ1) is 18.5. The number of carbonyl (C=O) groups excluding carboxylic acids is 2. The Kier molecular flexibility index (Phi) is 6.53. The molecule has 0 spiro atoms. The minimum absolute atomic E-state index is 0.167. The second kappa shape index (κ2) is 8.84. The maximum atomic E-state index is 12.0. The number of ether oxygens (including phenoxy) is 1. The average Bonchev–Trinajstić information content (AvgIpc) is 2.56. The SMILES string of the molecule is Cc1ccc(NC(=O)COc2ccc(Br)cc2C=NNC(N)=O)cc1. The van der Waals surface area contributed by atoms with Crippen LogP contribution in [0.2, 0.25) is 0 Å². The van der Waals surface area contributed by atoms with Crippen LogP contribution in [0.15, 0.2) is 52.0 Å². The third kappa shape index (κ3) is 6.27. The fourth-order valence-electron chi connectivity index (χ4n) is 1.89. The van der Waals surface area contributed by atoms with E-state index >= 15 is 0 Å². The highest BCUT2D eigenvalue weighted by atomic mass is 79.9. The molecule has 2 rings (SSSR count). The number of carbonyl (C=O) groups is 2. The molecule has 8 heteroatoms. The second-order valence-electron chi connectivity index (χ2n) is 5.12. The molecular weight excluding hydrogens is 388 g/mol. The number of halogens is 1. The summed E-state index contributed by atoms with van der Waals surface area (Å²) in [5, 5.41) is 6.44. The highest BCUT2D eigenvalue weighted by Crippen LogP contribution is 2.22. The van der Waals surface area contributed by atoms with Crippen LogP contribution in [0, 0.1) is 6.92 Å². The quantitative estimate of drug-likeness (QED) is 0.508. The molecule has 0 aromatic heterocycles. The van der Waals surface area contributed by atoms with Gasteiger partial charge in [-0.1, -0.05) is 33.6 Å². The van der Waals surface area contributed by atoms with E-state index in [1.54, 1.807) is 18.2 Å². The number of benzene rings is 2. The predicted octanol–water partition coefficient (Wildman–Crippen LogP) is 2.78. The van der Waals surface area contributed by atoms with Crippen LogP contribution in [0.1, 0.15) is 11.1 Å². The lowest BCUT2D eigenvalue weighted by molar-refractivity contribution is -0.118. The van der Waals surface area contributed by atoms with Gasteiger partial charge in [-0.25, -0.2) is 10.2 Å². The van der Waals surface area contributed by atoms with Crippen LogP contribution < -0.4 is 21.2 Å². The van der Waals surface area contributed by atoms with Crippen LogP contribution >= 0.6 is 15.9 Å². The molecule has 0 saturated heterocycles. The van der Waals surface area contributed by atoms with Crippen molar-refractivity contribution in [3.05, 3.63) is 58.1 Å². The van der Waals surface area contributed by atoms with E-state index in [0.29, 0.717) is 17.0 Å². The monoisotopic (exact) mass is 404 g/mol. The largest absolute Gasteiger partial charge is 0.483 e. The lowest BCUT2D eigenvalue weighted by atomic mass is 10.2. The molecule has 130 valence electrons. The summed E-state index contributed by atoms with van der Waals surface area (Å²) >= 11 is 3.34. The van der Waals surface area contributed by atoms with E-state index in [1.165, 1.54) is 6.21 Å². The number of nitrogens with two attached hydrogens (primary N) is 1. The zero-order chi connectivity index (χ0) is 18.2. The Bertz CT molecular complexity index is 791. The minimum atomic E-state index is -0.772. The van der Waals surface area contributed by atoms with Crippen molar-refractivity contribution < 1.29 is 14.3 Å². The molecule has 3 amide bonds. The normalized spacial score (nSPS) is 10.5. The van der Waals surface area contributed by atoms with E-state index in [1.807, 2.05) is 31.2 Å². The lowest BCUT2D eigenvalue weighted by Crippen LogP contribution is -2.24. The summed E-state index contributed by atoms with van der Waals surface area (Å²) in [6, 6.07) is 11.9. The molecule has 0 aliphatic carbocycles. The third-order valence-corrected chi connectivity index (χ3v) is 3.54. The molecule has 0 atom stereocenters. The van der Waals surface area contributed by atoms with E-state index in [-0.39, 0.29) is 12.5 Å². The number of primary amides is 1. The summed E-state index contributed by atoms with van der Waals surface area (Å²) in [5.74, 6) is 0.155. The van der Waals surface area contributed by atoms with E-state index in [9.17, 15) is 9.59 Å². The fraction of sp³-hybridized carbons (Fsp3) is 0.118. The van der Waals surface area contributed by atoms with Gasteiger partial charge in [0.25, 0.3) is 5.91 Å². The zero-order valence-corrected chi connectivity index (χ0v) is 15.0. The smallest absolute Gasteiger partial charge is 0.332 e. The first-order valence-corrected chi connectivity index (χ1v) is 8.11. The number of rotatable bonds is 6. The Balaban J connectivity index is 1.99. The Morgan fingerprint density at radius 3 is 2.64 bits per heavy atom. The molecule has 0 saturated carbocycles. The first-order chi connectivity index (χ1) is 11.9.